The second-order valence-corrected chi connectivity index (χ2v) is 10.2. The second kappa shape index (κ2) is 11.3. The van der Waals surface area contributed by atoms with E-state index in [1.165, 1.54) is 12.1 Å². The number of furan rings is 1. The molecule has 9 nitrogen and oxygen atoms in total. The normalized spacial score (nSPS) is 12.3. The van der Waals surface area contributed by atoms with E-state index in [0.717, 1.165) is 38.9 Å². The van der Waals surface area contributed by atoms with Crippen molar-refractivity contribution in [1.82, 2.24) is 35.1 Å². The highest BCUT2D eigenvalue weighted by Crippen LogP contribution is 2.31. The zero-order valence-electron chi connectivity index (χ0n) is 22.7. The van der Waals surface area contributed by atoms with Gasteiger partial charge in [-0.2, -0.15) is 0 Å². The van der Waals surface area contributed by atoms with Crippen LogP contribution in [0.15, 0.2) is 94.6 Å². The number of hydrogen-bond donors (Lipinski definition) is 1. The van der Waals surface area contributed by atoms with Crippen molar-refractivity contribution in [2.24, 2.45) is 0 Å². The van der Waals surface area contributed by atoms with Gasteiger partial charge < -0.3 is 9.40 Å². The lowest BCUT2D eigenvalue weighted by Gasteiger charge is -2.30. The molecule has 0 saturated heterocycles. The zero-order chi connectivity index (χ0) is 28.3. The summed E-state index contributed by atoms with van der Waals surface area (Å²) in [4.78, 5) is 23.3. The smallest absolute Gasteiger partial charge is 0.253 e. The minimum absolute atomic E-state index is 0.235. The van der Waals surface area contributed by atoms with Gasteiger partial charge in [-0.15, -0.1) is 5.10 Å². The molecule has 0 bridgehead atoms. The molecule has 1 atom stereocenters. The van der Waals surface area contributed by atoms with Gasteiger partial charge in [0.25, 0.3) is 5.56 Å². The first kappa shape index (κ1) is 26.3. The third-order valence-electron chi connectivity index (χ3n) is 7.08. The molecule has 0 unspecified atom stereocenters. The predicted octanol–water partition coefficient (Wildman–Crippen LogP) is 5.10. The fourth-order valence-electron chi connectivity index (χ4n) is 5.26. The molecule has 10 heteroatoms. The highest BCUT2D eigenvalue weighted by molar-refractivity contribution is 5.83. The number of hydrogen-bond acceptors (Lipinski definition) is 7. The second-order valence-electron chi connectivity index (χ2n) is 10.2. The van der Waals surface area contributed by atoms with Crippen LogP contribution in [0.1, 0.15) is 45.4 Å². The number of tetrazole rings is 1. The Morgan fingerprint density at radius 3 is 2.63 bits per heavy atom. The Morgan fingerprint density at radius 1 is 1.02 bits per heavy atom. The van der Waals surface area contributed by atoms with Crippen LogP contribution in [0.4, 0.5) is 4.39 Å². The van der Waals surface area contributed by atoms with E-state index in [9.17, 15) is 9.18 Å². The van der Waals surface area contributed by atoms with Crippen LogP contribution in [-0.2, 0) is 19.6 Å². The Morgan fingerprint density at radius 2 is 1.88 bits per heavy atom. The average Bonchev–Trinajstić information content (AvgIpc) is 3.64. The standard InChI is InChI=1S/C31H28FN7O2/c1-20-13-21(2)28-24(14-20)15-27(31(40)34-28)29(30-35-36-37-39(30)18-22-7-9-25(32)10-8-22)38(19-26-6-4-12-41-26)17-23-5-3-11-33-16-23/h3-16,29H,17-19H2,1-2H3,(H,34,40)/t29-/m1/s1. The van der Waals surface area contributed by atoms with Gasteiger partial charge in [0.15, 0.2) is 5.82 Å². The number of aromatic amines is 1. The number of rotatable bonds is 9. The van der Waals surface area contributed by atoms with Gasteiger partial charge in [0.05, 0.1) is 24.9 Å². The van der Waals surface area contributed by atoms with Gasteiger partial charge in [0.2, 0.25) is 0 Å². The van der Waals surface area contributed by atoms with Crippen molar-refractivity contribution in [2.45, 2.75) is 39.5 Å². The van der Waals surface area contributed by atoms with E-state index < -0.39 is 6.04 Å². The molecule has 0 spiro atoms. The number of pyridine rings is 2. The number of halogens is 1. The van der Waals surface area contributed by atoms with Gasteiger partial charge in [-0.25, -0.2) is 9.07 Å². The van der Waals surface area contributed by atoms with Crippen LogP contribution in [0.3, 0.4) is 0 Å². The molecule has 0 aliphatic rings. The minimum Gasteiger partial charge on any atom is -0.468 e. The van der Waals surface area contributed by atoms with Crippen molar-refractivity contribution in [2.75, 3.05) is 0 Å². The molecule has 0 aliphatic carbocycles. The Balaban J connectivity index is 1.53. The van der Waals surface area contributed by atoms with Crippen molar-refractivity contribution in [3.63, 3.8) is 0 Å². The number of benzene rings is 2. The van der Waals surface area contributed by atoms with Crippen LogP contribution >= 0.6 is 0 Å². The number of aryl methyl sites for hydroxylation is 2. The van der Waals surface area contributed by atoms with Gasteiger partial charge >= 0.3 is 0 Å². The summed E-state index contributed by atoms with van der Waals surface area (Å²) in [7, 11) is 0. The molecule has 0 saturated carbocycles. The molecule has 4 heterocycles. The molecule has 6 aromatic rings. The van der Waals surface area contributed by atoms with Crippen LogP contribution in [0, 0.1) is 19.7 Å². The van der Waals surface area contributed by atoms with Crippen molar-refractivity contribution < 1.29 is 8.81 Å². The fraction of sp³-hybridized carbons (Fsp3) is 0.194. The lowest BCUT2D eigenvalue weighted by molar-refractivity contribution is 0.179. The predicted molar refractivity (Wildman–Crippen MR) is 151 cm³/mol. The van der Waals surface area contributed by atoms with Gasteiger partial charge in [-0.05, 0) is 88.8 Å². The van der Waals surface area contributed by atoms with Crippen molar-refractivity contribution in [1.29, 1.82) is 0 Å². The Bertz CT molecular complexity index is 1830. The van der Waals surface area contributed by atoms with Crippen LogP contribution in [0.2, 0.25) is 0 Å². The Hall–Kier alpha value is -4.96. The van der Waals surface area contributed by atoms with Crippen molar-refractivity contribution in [3.8, 4) is 0 Å². The van der Waals surface area contributed by atoms with E-state index >= 15 is 0 Å². The SMILES string of the molecule is Cc1cc(C)c2[nH]c(=O)c([C@H](c3nnnn3Cc3ccc(F)cc3)N(Cc3cccnc3)Cc3ccco3)cc2c1. The Kier molecular flexibility index (Phi) is 7.22. The minimum atomic E-state index is -0.662. The van der Waals surface area contributed by atoms with Gasteiger partial charge in [0, 0.05) is 24.5 Å². The summed E-state index contributed by atoms with van der Waals surface area (Å²) in [5.74, 6) is 0.872. The first-order valence-corrected chi connectivity index (χ1v) is 13.2. The van der Waals surface area contributed by atoms with E-state index in [1.807, 2.05) is 50.2 Å². The monoisotopic (exact) mass is 549 g/mol. The largest absolute Gasteiger partial charge is 0.468 e. The van der Waals surface area contributed by atoms with Gasteiger partial charge in [0.1, 0.15) is 17.6 Å². The first-order chi connectivity index (χ1) is 19.9. The molecular formula is C31H28FN7O2. The Labute approximate surface area is 235 Å². The van der Waals surface area contributed by atoms with E-state index in [2.05, 4.69) is 36.5 Å². The number of nitrogens with one attached hydrogen (secondary N) is 1. The maximum atomic E-state index is 13.8. The lowest BCUT2D eigenvalue weighted by atomic mass is 10.00. The molecule has 0 aliphatic heterocycles. The molecule has 0 amide bonds. The summed E-state index contributed by atoms with van der Waals surface area (Å²) in [5, 5.41) is 13.6. The van der Waals surface area contributed by atoms with Gasteiger partial charge in [-0.3, -0.25) is 14.7 Å². The van der Waals surface area contributed by atoms with Crippen molar-refractivity contribution in [3.05, 3.63) is 141 Å². The molecule has 6 rings (SSSR count). The fourth-order valence-corrected chi connectivity index (χ4v) is 5.26. The topological polar surface area (TPSA) is 106 Å². The molecule has 2 aromatic carbocycles. The van der Waals surface area contributed by atoms with E-state index in [1.54, 1.807) is 35.5 Å². The van der Waals surface area contributed by atoms with Crippen LogP contribution in [0.5, 0.6) is 0 Å². The third-order valence-corrected chi connectivity index (χ3v) is 7.08. The molecule has 4 aromatic heterocycles. The molecule has 206 valence electrons. The summed E-state index contributed by atoms with van der Waals surface area (Å²) in [6.07, 6.45) is 5.14. The molecular weight excluding hydrogens is 521 g/mol. The van der Waals surface area contributed by atoms with Crippen molar-refractivity contribution >= 4 is 10.9 Å². The van der Waals surface area contributed by atoms with E-state index in [0.29, 0.717) is 31.0 Å². The maximum absolute atomic E-state index is 13.8. The summed E-state index contributed by atoms with van der Waals surface area (Å²) in [6, 6.07) is 19.1. The molecule has 0 radical (unpaired) electrons. The highest BCUT2D eigenvalue weighted by atomic mass is 19.1. The molecule has 0 fully saturated rings. The summed E-state index contributed by atoms with van der Waals surface area (Å²) >= 11 is 0. The first-order valence-electron chi connectivity index (χ1n) is 13.2. The van der Waals surface area contributed by atoms with Crippen LogP contribution in [0.25, 0.3) is 10.9 Å². The number of nitrogens with zero attached hydrogens (tertiary/aromatic N) is 6. The summed E-state index contributed by atoms with van der Waals surface area (Å²) < 4.78 is 21.0. The molecule has 41 heavy (non-hydrogen) atoms. The molecule has 1 N–H and O–H groups in total. The van der Waals surface area contributed by atoms with Gasteiger partial charge in [-0.1, -0.05) is 29.8 Å². The number of aromatic nitrogens is 6. The number of H-pyrrole nitrogens is 1. The number of fused-ring (bicyclic) bond motifs is 1. The summed E-state index contributed by atoms with van der Waals surface area (Å²) in [6.45, 7) is 5.12. The van der Waals surface area contributed by atoms with E-state index in [-0.39, 0.29) is 11.4 Å². The van der Waals surface area contributed by atoms with E-state index in [4.69, 9.17) is 4.42 Å². The highest BCUT2D eigenvalue weighted by Gasteiger charge is 2.31. The maximum Gasteiger partial charge on any atom is 0.253 e. The lowest BCUT2D eigenvalue weighted by Crippen LogP contribution is -2.35. The summed E-state index contributed by atoms with van der Waals surface area (Å²) in [5.41, 5.74) is 4.90. The quantitative estimate of drug-likeness (QED) is 0.268. The average molecular weight is 550 g/mol. The van der Waals surface area contributed by atoms with Crippen LogP contribution in [-0.4, -0.2) is 35.1 Å². The third kappa shape index (κ3) is 5.68. The van der Waals surface area contributed by atoms with Crippen LogP contribution < -0.4 is 5.56 Å². The zero-order valence-corrected chi connectivity index (χ0v) is 22.7.